The second-order valence-electron chi connectivity index (χ2n) is 3.63. The van der Waals surface area contributed by atoms with Crippen molar-refractivity contribution < 1.29 is 4.92 Å². The van der Waals surface area contributed by atoms with Crippen molar-refractivity contribution in [3.05, 3.63) is 33.7 Å². The average Bonchev–Trinajstić information content (AvgIpc) is 2.74. The molecule has 19 heavy (non-hydrogen) atoms. The van der Waals surface area contributed by atoms with Crippen LogP contribution < -0.4 is 5.32 Å². The number of hydrogen-bond acceptors (Lipinski definition) is 7. The molecule has 0 fully saturated rings. The molecule has 0 aromatic carbocycles. The second-order valence-corrected chi connectivity index (χ2v) is 3.99. The quantitative estimate of drug-likeness (QED) is 0.491. The maximum Gasteiger partial charge on any atom is 0.348 e. The summed E-state index contributed by atoms with van der Waals surface area (Å²) >= 11 is 5.66. The van der Waals surface area contributed by atoms with Crippen LogP contribution in [0.25, 0.3) is 0 Å². The standard InChI is InChI=1S/C9H10ClN7O2/c1-16-5-14-6(15-16)2-3-11-9-7(17(18)19)8(10)12-4-13-9/h4-5H,2-3H2,1H3,(H,11,12,13). The van der Waals surface area contributed by atoms with Crippen LogP contribution in [-0.4, -0.2) is 36.2 Å². The molecular formula is C9H10ClN7O2. The van der Waals surface area contributed by atoms with Crippen LogP contribution >= 0.6 is 11.6 Å². The van der Waals surface area contributed by atoms with Crippen LogP contribution in [-0.2, 0) is 13.5 Å². The molecule has 2 aromatic rings. The summed E-state index contributed by atoms with van der Waals surface area (Å²) in [5.41, 5.74) is -0.335. The molecule has 1 N–H and O–H groups in total. The maximum absolute atomic E-state index is 10.9. The van der Waals surface area contributed by atoms with Gasteiger partial charge >= 0.3 is 5.69 Å². The fourth-order valence-electron chi connectivity index (χ4n) is 1.44. The highest BCUT2D eigenvalue weighted by Gasteiger charge is 2.21. The lowest BCUT2D eigenvalue weighted by Crippen LogP contribution is -2.10. The molecule has 2 aromatic heterocycles. The first kappa shape index (κ1) is 13.1. The van der Waals surface area contributed by atoms with Crippen molar-refractivity contribution in [2.24, 2.45) is 7.05 Å². The van der Waals surface area contributed by atoms with E-state index in [9.17, 15) is 10.1 Å². The van der Waals surface area contributed by atoms with Crippen LogP contribution in [0.2, 0.25) is 5.15 Å². The van der Waals surface area contributed by atoms with Gasteiger partial charge in [0.25, 0.3) is 0 Å². The molecule has 0 amide bonds. The van der Waals surface area contributed by atoms with Gasteiger partial charge in [-0.1, -0.05) is 11.6 Å². The number of halogens is 1. The predicted octanol–water partition coefficient (Wildman–Crippen LogP) is 0.821. The van der Waals surface area contributed by atoms with E-state index in [1.54, 1.807) is 18.1 Å². The van der Waals surface area contributed by atoms with Crippen LogP contribution in [0.1, 0.15) is 5.82 Å². The lowest BCUT2D eigenvalue weighted by atomic mass is 10.4. The summed E-state index contributed by atoms with van der Waals surface area (Å²) in [5, 5.41) is 17.6. The van der Waals surface area contributed by atoms with E-state index in [1.807, 2.05) is 0 Å². The number of aryl methyl sites for hydroxylation is 1. The van der Waals surface area contributed by atoms with E-state index in [2.05, 4.69) is 25.4 Å². The first-order valence-corrected chi connectivity index (χ1v) is 5.69. The number of nitro groups is 1. The van der Waals surface area contributed by atoms with Gasteiger partial charge in [-0.3, -0.25) is 14.8 Å². The van der Waals surface area contributed by atoms with Crippen molar-refractivity contribution in [2.45, 2.75) is 6.42 Å². The molecule has 9 nitrogen and oxygen atoms in total. The molecule has 100 valence electrons. The Hall–Kier alpha value is -2.29. The Bertz CT molecular complexity index is 600. The fraction of sp³-hybridized carbons (Fsp3) is 0.333. The molecule has 0 spiro atoms. The van der Waals surface area contributed by atoms with Gasteiger partial charge in [0.05, 0.1) is 4.92 Å². The maximum atomic E-state index is 10.9. The largest absolute Gasteiger partial charge is 0.364 e. The molecule has 0 unspecified atom stereocenters. The van der Waals surface area contributed by atoms with Crippen LogP contribution in [0.5, 0.6) is 0 Å². The van der Waals surface area contributed by atoms with Crippen LogP contribution in [0.15, 0.2) is 12.7 Å². The summed E-state index contributed by atoms with van der Waals surface area (Å²) in [7, 11) is 1.76. The van der Waals surface area contributed by atoms with E-state index in [-0.39, 0.29) is 16.7 Å². The van der Waals surface area contributed by atoms with Crippen molar-refractivity contribution in [1.29, 1.82) is 0 Å². The third-order valence-electron chi connectivity index (χ3n) is 2.25. The molecular weight excluding hydrogens is 274 g/mol. The Kier molecular flexibility index (Phi) is 3.85. The minimum absolute atomic E-state index is 0.0842. The van der Waals surface area contributed by atoms with Crippen LogP contribution in [0.3, 0.4) is 0 Å². The zero-order valence-corrected chi connectivity index (χ0v) is 10.7. The lowest BCUT2D eigenvalue weighted by Gasteiger charge is -2.04. The molecule has 0 radical (unpaired) electrons. The van der Waals surface area contributed by atoms with E-state index < -0.39 is 4.92 Å². The summed E-state index contributed by atoms with van der Waals surface area (Å²) in [6.07, 6.45) is 3.26. The van der Waals surface area contributed by atoms with Gasteiger partial charge in [-0.25, -0.2) is 15.0 Å². The van der Waals surface area contributed by atoms with Crippen molar-refractivity contribution in [1.82, 2.24) is 24.7 Å². The monoisotopic (exact) mass is 283 g/mol. The summed E-state index contributed by atoms with van der Waals surface area (Å²) in [6.45, 7) is 0.401. The SMILES string of the molecule is Cn1cnc(CCNc2ncnc(Cl)c2[N+](=O)[O-])n1. The zero-order chi connectivity index (χ0) is 13.8. The Morgan fingerprint density at radius 2 is 2.26 bits per heavy atom. The van der Waals surface area contributed by atoms with E-state index >= 15 is 0 Å². The van der Waals surface area contributed by atoms with Gasteiger partial charge in [-0.2, -0.15) is 5.10 Å². The molecule has 0 saturated heterocycles. The summed E-state index contributed by atoms with van der Waals surface area (Å²) in [6, 6.07) is 0. The van der Waals surface area contributed by atoms with Gasteiger partial charge in [-0.05, 0) is 0 Å². The Labute approximate surface area is 112 Å². The molecule has 0 atom stereocenters. The summed E-state index contributed by atoms with van der Waals surface area (Å²) < 4.78 is 1.58. The third kappa shape index (κ3) is 3.13. The number of rotatable bonds is 5. The van der Waals surface area contributed by atoms with Gasteiger partial charge in [-0.15, -0.1) is 0 Å². The Balaban J connectivity index is 2.03. The highest BCUT2D eigenvalue weighted by atomic mass is 35.5. The predicted molar refractivity (Wildman–Crippen MR) is 66.9 cm³/mol. The highest BCUT2D eigenvalue weighted by molar-refractivity contribution is 6.31. The van der Waals surface area contributed by atoms with Crippen molar-refractivity contribution in [3.8, 4) is 0 Å². The second kappa shape index (κ2) is 5.57. The molecule has 0 aliphatic rings. The average molecular weight is 284 g/mol. The van der Waals surface area contributed by atoms with Crippen molar-refractivity contribution in [3.63, 3.8) is 0 Å². The molecule has 2 heterocycles. The van der Waals surface area contributed by atoms with Gasteiger partial charge < -0.3 is 5.32 Å². The molecule has 0 saturated carbocycles. The number of aromatic nitrogens is 5. The highest BCUT2D eigenvalue weighted by Crippen LogP contribution is 2.27. The molecule has 0 aliphatic carbocycles. The molecule has 0 bridgehead atoms. The summed E-state index contributed by atoms with van der Waals surface area (Å²) in [5.74, 6) is 0.721. The topological polar surface area (TPSA) is 112 Å². The number of anilines is 1. The van der Waals surface area contributed by atoms with Crippen LogP contribution in [0, 0.1) is 10.1 Å². The minimum Gasteiger partial charge on any atom is -0.364 e. The third-order valence-corrected chi connectivity index (χ3v) is 2.52. The van der Waals surface area contributed by atoms with Gasteiger partial charge in [0.15, 0.2) is 5.82 Å². The number of nitrogens with zero attached hydrogens (tertiary/aromatic N) is 6. The van der Waals surface area contributed by atoms with Crippen molar-refractivity contribution >= 4 is 23.1 Å². The Morgan fingerprint density at radius 3 is 2.89 bits per heavy atom. The number of hydrogen-bond donors (Lipinski definition) is 1. The van der Waals surface area contributed by atoms with Gasteiger partial charge in [0.1, 0.15) is 12.7 Å². The summed E-state index contributed by atoms with van der Waals surface area (Å²) in [4.78, 5) is 21.7. The first-order valence-electron chi connectivity index (χ1n) is 5.31. The van der Waals surface area contributed by atoms with E-state index in [0.717, 1.165) is 6.33 Å². The Morgan fingerprint density at radius 1 is 1.47 bits per heavy atom. The van der Waals surface area contributed by atoms with E-state index in [4.69, 9.17) is 11.6 Å². The lowest BCUT2D eigenvalue weighted by molar-refractivity contribution is -0.384. The van der Waals surface area contributed by atoms with Crippen LogP contribution in [0.4, 0.5) is 11.5 Å². The van der Waals surface area contributed by atoms with E-state index in [0.29, 0.717) is 18.8 Å². The van der Waals surface area contributed by atoms with Gasteiger partial charge in [0, 0.05) is 20.0 Å². The normalized spacial score (nSPS) is 10.4. The van der Waals surface area contributed by atoms with Gasteiger partial charge in [0.2, 0.25) is 11.0 Å². The molecule has 0 aliphatic heterocycles. The first-order chi connectivity index (χ1) is 9.08. The van der Waals surface area contributed by atoms with Crippen molar-refractivity contribution in [2.75, 3.05) is 11.9 Å². The number of nitrogens with one attached hydrogen (secondary N) is 1. The zero-order valence-electron chi connectivity index (χ0n) is 9.95. The smallest absolute Gasteiger partial charge is 0.348 e. The van der Waals surface area contributed by atoms with E-state index in [1.165, 1.54) is 0 Å². The fourth-order valence-corrected chi connectivity index (χ4v) is 1.64. The molecule has 10 heteroatoms. The molecule has 2 rings (SSSR count). The minimum atomic E-state index is -0.621.